The first kappa shape index (κ1) is 13.3. The summed E-state index contributed by atoms with van der Waals surface area (Å²) < 4.78 is 0. The van der Waals surface area contributed by atoms with E-state index >= 15 is 0 Å². The molecule has 0 saturated carbocycles. The smallest absolute Gasteiger partial charge is 0.251 e. The first-order chi connectivity index (χ1) is 9.29. The number of nitrogens with one attached hydrogen (secondary N) is 1. The van der Waals surface area contributed by atoms with Crippen molar-refractivity contribution >= 4 is 17.2 Å². The first-order valence-corrected chi connectivity index (χ1v) is 6.59. The van der Waals surface area contributed by atoms with Gasteiger partial charge in [0.2, 0.25) is 0 Å². The van der Waals surface area contributed by atoms with Gasteiger partial charge < -0.3 is 10.4 Å². The van der Waals surface area contributed by atoms with Crippen molar-refractivity contribution in [3.63, 3.8) is 0 Å². The summed E-state index contributed by atoms with van der Waals surface area (Å²) in [5.41, 5.74) is 3.82. The van der Waals surface area contributed by atoms with Gasteiger partial charge in [-0.1, -0.05) is 17.9 Å². The molecule has 0 unspecified atom stereocenters. The van der Waals surface area contributed by atoms with Crippen molar-refractivity contribution in [3.8, 4) is 11.8 Å². The van der Waals surface area contributed by atoms with E-state index in [0.29, 0.717) is 17.7 Å². The molecule has 1 aromatic carbocycles. The number of carbonyl (C=O) groups excluding carboxylic acids is 1. The SMILES string of the molecule is O=C(NCc1cscn1)c1cccc(C#CCO)c1. The van der Waals surface area contributed by atoms with E-state index < -0.39 is 0 Å². The molecule has 19 heavy (non-hydrogen) atoms. The van der Waals surface area contributed by atoms with Gasteiger partial charge in [0, 0.05) is 16.5 Å². The van der Waals surface area contributed by atoms with E-state index in [4.69, 9.17) is 5.11 Å². The third-order valence-electron chi connectivity index (χ3n) is 2.35. The van der Waals surface area contributed by atoms with Crippen LogP contribution in [0.3, 0.4) is 0 Å². The molecular formula is C14H12N2O2S. The van der Waals surface area contributed by atoms with Crippen LogP contribution in [0.5, 0.6) is 0 Å². The molecule has 4 nitrogen and oxygen atoms in total. The Balaban J connectivity index is 2.02. The highest BCUT2D eigenvalue weighted by atomic mass is 32.1. The zero-order valence-electron chi connectivity index (χ0n) is 10.1. The molecule has 2 aromatic rings. The Bertz CT molecular complexity index is 612. The maximum atomic E-state index is 11.9. The highest BCUT2D eigenvalue weighted by Gasteiger charge is 2.05. The van der Waals surface area contributed by atoms with Gasteiger partial charge in [-0.2, -0.15) is 0 Å². The van der Waals surface area contributed by atoms with E-state index in [1.165, 1.54) is 11.3 Å². The van der Waals surface area contributed by atoms with Crippen LogP contribution in [-0.2, 0) is 6.54 Å². The number of nitrogens with zero attached hydrogens (tertiary/aromatic N) is 1. The third kappa shape index (κ3) is 3.91. The normalized spacial score (nSPS) is 9.53. The van der Waals surface area contributed by atoms with E-state index in [2.05, 4.69) is 22.1 Å². The largest absolute Gasteiger partial charge is 0.384 e. The lowest BCUT2D eigenvalue weighted by atomic mass is 10.1. The Morgan fingerprint density at radius 2 is 2.37 bits per heavy atom. The topological polar surface area (TPSA) is 62.2 Å². The number of benzene rings is 1. The number of hydrogen-bond acceptors (Lipinski definition) is 4. The number of thiazole rings is 1. The molecule has 0 aliphatic rings. The highest BCUT2D eigenvalue weighted by Crippen LogP contribution is 2.05. The second-order valence-electron chi connectivity index (χ2n) is 3.70. The molecule has 1 heterocycles. The Labute approximate surface area is 115 Å². The number of amides is 1. The molecule has 96 valence electrons. The van der Waals surface area contributed by atoms with Crippen LogP contribution < -0.4 is 5.32 Å². The summed E-state index contributed by atoms with van der Waals surface area (Å²) in [4.78, 5) is 16.0. The minimum absolute atomic E-state index is 0.166. The lowest BCUT2D eigenvalue weighted by molar-refractivity contribution is 0.0950. The van der Waals surface area contributed by atoms with Crippen molar-refractivity contribution in [2.45, 2.75) is 6.54 Å². The van der Waals surface area contributed by atoms with Gasteiger partial charge in [0.05, 0.1) is 17.7 Å². The van der Waals surface area contributed by atoms with Gasteiger partial charge in [-0.3, -0.25) is 4.79 Å². The van der Waals surface area contributed by atoms with Crippen LogP contribution in [0.1, 0.15) is 21.6 Å². The summed E-state index contributed by atoms with van der Waals surface area (Å²) in [6.07, 6.45) is 0. The summed E-state index contributed by atoms with van der Waals surface area (Å²) in [5, 5.41) is 13.3. The molecule has 1 amide bonds. The predicted molar refractivity (Wildman–Crippen MR) is 73.7 cm³/mol. The maximum Gasteiger partial charge on any atom is 0.251 e. The zero-order chi connectivity index (χ0) is 13.5. The quantitative estimate of drug-likeness (QED) is 0.831. The van der Waals surface area contributed by atoms with Gasteiger partial charge in [-0.05, 0) is 18.2 Å². The molecule has 0 saturated heterocycles. The average molecular weight is 272 g/mol. The number of aromatic nitrogens is 1. The van der Waals surface area contributed by atoms with Crippen LogP contribution >= 0.6 is 11.3 Å². The number of rotatable bonds is 3. The Morgan fingerprint density at radius 3 is 3.11 bits per heavy atom. The van der Waals surface area contributed by atoms with E-state index in [9.17, 15) is 4.79 Å². The maximum absolute atomic E-state index is 11.9. The van der Waals surface area contributed by atoms with E-state index in [-0.39, 0.29) is 12.5 Å². The molecule has 0 radical (unpaired) electrons. The zero-order valence-corrected chi connectivity index (χ0v) is 10.9. The molecule has 1 aromatic heterocycles. The fraction of sp³-hybridized carbons (Fsp3) is 0.143. The van der Waals surface area contributed by atoms with Crippen LogP contribution in [-0.4, -0.2) is 22.6 Å². The molecule has 0 bridgehead atoms. The fourth-order valence-electron chi connectivity index (χ4n) is 1.48. The first-order valence-electron chi connectivity index (χ1n) is 5.64. The van der Waals surface area contributed by atoms with Crippen LogP contribution in [0.2, 0.25) is 0 Å². The number of aliphatic hydroxyl groups excluding tert-OH is 1. The summed E-state index contributed by atoms with van der Waals surface area (Å²) in [6, 6.07) is 6.97. The van der Waals surface area contributed by atoms with E-state index in [0.717, 1.165) is 5.69 Å². The molecule has 0 aliphatic carbocycles. The van der Waals surface area contributed by atoms with Crippen molar-refractivity contribution in [1.29, 1.82) is 0 Å². The van der Waals surface area contributed by atoms with Gasteiger partial charge in [0.15, 0.2) is 0 Å². The molecule has 0 atom stereocenters. The molecule has 0 aliphatic heterocycles. The molecular weight excluding hydrogens is 260 g/mol. The van der Waals surface area contributed by atoms with Gasteiger partial charge in [0.25, 0.3) is 5.91 Å². The monoisotopic (exact) mass is 272 g/mol. The lowest BCUT2D eigenvalue weighted by Crippen LogP contribution is -2.22. The summed E-state index contributed by atoms with van der Waals surface area (Å²) in [7, 11) is 0. The fourth-order valence-corrected chi connectivity index (χ4v) is 2.04. The molecule has 0 fully saturated rings. The van der Waals surface area contributed by atoms with Crippen molar-refractivity contribution in [1.82, 2.24) is 10.3 Å². The Hall–Kier alpha value is -2.16. The average Bonchev–Trinajstić information content (AvgIpc) is 2.96. The van der Waals surface area contributed by atoms with Crippen molar-refractivity contribution < 1.29 is 9.90 Å². The van der Waals surface area contributed by atoms with E-state index in [1.54, 1.807) is 29.8 Å². The highest BCUT2D eigenvalue weighted by molar-refractivity contribution is 7.07. The number of aliphatic hydroxyl groups is 1. The van der Waals surface area contributed by atoms with Gasteiger partial charge in [-0.15, -0.1) is 11.3 Å². The van der Waals surface area contributed by atoms with Crippen LogP contribution in [0.25, 0.3) is 0 Å². The van der Waals surface area contributed by atoms with Crippen molar-refractivity contribution in [2.24, 2.45) is 0 Å². The molecule has 0 spiro atoms. The Kier molecular flexibility index (Phi) is 4.67. The van der Waals surface area contributed by atoms with Crippen molar-refractivity contribution in [2.75, 3.05) is 6.61 Å². The molecule has 2 rings (SSSR count). The van der Waals surface area contributed by atoms with E-state index in [1.807, 2.05) is 5.38 Å². The summed E-state index contributed by atoms with van der Waals surface area (Å²) in [5.74, 6) is 5.15. The minimum Gasteiger partial charge on any atom is -0.384 e. The van der Waals surface area contributed by atoms with Crippen LogP contribution in [0.15, 0.2) is 35.2 Å². The standard InChI is InChI=1S/C14H12N2O2S/c17-6-2-4-11-3-1-5-12(7-11)14(18)15-8-13-9-19-10-16-13/h1,3,5,7,9-10,17H,6,8H2,(H,15,18). The molecule has 2 N–H and O–H groups in total. The van der Waals surface area contributed by atoms with Crippen LogP contribution in [0.4, 0.5) is 0 Å². The predicted octanol–water partition coefficient (Wildman–Crippen LogP) is 1.42. The van der Waals surface area contributed by atoms with Gasteiger partial charge in [-0.25, -0.2) is 4.98 Å². The lowest BCUT2D eigenvalue weighted by Gasteiger charge is -2.03. The minimum atomic E-state index is -0.194. The number of hydrogen-bond donors (Lipinski definition) is 2. The van der Waals surface area contributed by atoms with Crippen molar-refractivity contribution in [3.05, 3.63) is 52.0 Å². The second-order valence-corrected chi connectivity index (χ2v) is 4.42. The molecule has 5 heteroatoms. The summed E-state index contributed by atoms with van der Waals surface area (Å²) >= 11 is 1.49. The Morgan fingerprint density at radius 1 is 1.47 bits per heavy atom. The second kappa shape index (κ2) is 6.69. The van der Waals surface area contributed by atoms with Gasteiger partial charge in [0.1, 0.15) is 6.61 Å². The van der Waals surface area contributed by atoms with Crippen LogP contribution in [0, 0.1) is 11.8 Å². The third-order valence-corrected chi connectivity index (χ3v) is 2.99. The number of carbonyl (C=O) groups is 1. The van der Waals surface area contributed by atoms with Gasteiger partial charge >= 0.3 is 0 Å². The summed E-state index contributed by atoms with van der Waals surface area (Å²) in [6.45, 7) is 0.217.